The summed E-state index contributed by atoms with van der Waals surface area (Å²) in [6.07, 6.45) is 3.89. The SMILES string of the molecule is CCN1C(=O)/C(=C/c2cn(Cc3cccc(C(=O)O)c3)c3ccccc23)SC1=S. The fraction of sp³-hybridized carbons (Fsp3) is 0.136. The molecule has 1 aromatic heterocycles. The largest absolute Gasteiger partial charge is 0.478 e. The Morgan fingerprint density at radius 1 is 1.21 bits per heavy atom. The molecule has 146 valence electrons. The van der Waals surface area contributed by atoms with Crippen LogP contribution in [0.1, 0.15) is 28.4 Å². The Morgan fingerprint density at radius 2 is 2.00 bits per heavy atom. The van der Waals surface area contributed by atoms with E-state index in [9.17, 15) is 14.7 Å². The summed E-state index contributed by atoms with van der Waals surface area (Å²) >= 11 is 6.63. The van der Waals surface area contributed by atoms with Crippen LogP contribution in [0, 0.1) is 0 Å². The maximum Gasteiger partial charge on any atom is 0.335 e. The average molecular weight is 423 g/mol. The van der Waals surface area contributed by atoms with Crippen molar-refractivity contribution < 1.29 is 14.7 Å². The summed E-state index contributed by atoms with van der Waals surface area (Å²) in [6.45, 7) is 3.00. The average Bonchev–Trinajstić information content (AvgIpc) is 3.19. The number of fused-ring (bicyclic) bond motifs is 1. The lowest BCUT2D eigenvalue weighted by molar-refractivity contribution is -0.121. The second kappa shape index (κ2) is 7.85. The number of para-hydroxylation sites is 1. The molecule has 29 heavy (non-hydrogen) atoms. The first kappa shape index (κ1) is 19.4. The van der Waals surface area contributed by atoms with Crippen LogP contribution in [0.15, 0.2) is 59.6 Å². The molecule has 5 nitrogen and oxygen atoms in total. The van der Waals surface area contributed by atoms with Crippen LogP contribution in [0.2, 0.25) is 0 Å². The highest BCUT2D eigenvalue weighted by Crippen LogP contribution is 2.34. The van der Waals surface area contributed by atoms with E-state index in [1.807, 2.05) is 49.5 Å². The van der Waals surface area contributed by atoms with Crippen LogP contribution >= 0.6 is 24.0 Å². The fourth-order valence-electron chi connectivity index (χ4n) is 3.43. The molecular formula is C22H18N2O3S2. The minimum absolute atomic E-state index is 0.0616. The zero-order valence-electron chi connectivity index (χ0n) is 15.7. The summed E-state index contributed by atoms with van der Waals surface area (Å²) < 4.78 is 2.65. The number of carbonyl (C=O) groups is 2. The molecule has 2 heterocycles. The molecule has 1 aliphatic heterocycles. The zero-order chi connectivity index (χ0) is 20.5. The van der Waals surface area contributed by atoms with Crippen LogP contribution in [0.4, 0.5) is 0 Å². The number of likely N-dealkylation sites (N-methyl/N-ethyl adjacent to an activating group) is 1. The van der Waals surface area contributed by atoms with Gasteiger partial charge in [-0.05, 0) is 36.8 Å². The number of thiocarbonyl (C=S) groups is 1. The minimum Gasteiger partial charge on any atom is -0.478 e. The smallest absolute Gasteiger partial charge is 0.335 e. The summed E-state index contributed by atoms with van der Waals surface area (Å²) in [5.41, 5.74) is 3.12. The highest BCUT2D eigenvalue weighted by molar-refractivity contribution is 8.26. The molecule has 2 aromatic carbocycles. The van der Waals surface area contributed by atoms with E-state index in [4.69, 9.17) is 12.2 Å². The molecule has 0 bridgehead atoms. The number of benzene rings is 2. The van der Waals surface area contributed by atoms with Crippen LogP contribution in [-0.2, 0) is 11.3 Å². The molecule has 0 aliphatic carbocycles. The maximum absolute atomic E-state index is 12.6. The monoisotopic (exact) mass is 422 g/mol. The Bertz CT molecular complexity index is 1180. The quantitative estimate of drug-likeness (QED) is 0.481. The van der Waals surface area contributed by atoms with E-state index in [0.717, 1.165) is 22.0 Å². The number of aromatic nitrogens is 1. The third kappa shape index (κ3) is 3.71. The molecular weight excluding hydrogens is 404 g/mol. The van der Waals surface area contributed by atoms with E-state index in [0.29, 0.717) is 22.3 Å². The summed E-state index contributed by atoms with van der Waals surface area (Å²) in [5, 5.41) is 10.3. The van der Waals surface area contributed by atoms with Gasteiger partial charge in [0.05, 0.1) is 10.5 Å². The summed E-state index contributed by atoms with van der Waals surface area (Å²) in [4.78, 5) is 26.1. The van der Waals surface area contributed by atoms with Crippen molar-refractivity contribution in [1.82, 2.24) is 9.47 Å². The molecule has 1 aliphatic rings. The Balaban J connectivity index is 1.74. The third-order valence-electron chi connectivity index (χ3n) is 4.82. The molecule has 0 radical (unpaired) electrons. The standard InChI is InChI=1S/C22H18N2O3S2/c1-2-24-20(25)19(29-22(24)28)11-16-13-23(18-9-4-3-8-17(16)18)12-14-6-5-7-15(10-14)21(26)27/h3-11,13H,2,12H2,1H3,(H,26,27)/b19-11-. The topological polar surface area (TPSA) is 62.5 Å². The lowest BCUT2D eigenvalue weighted by atomic mass is 10.1. The molecule has 1 N–H and O–H groups in total. The van der Waals surface area contributed by atoms with Crippen molar-refractivity contribution in [3.8, 4) is 0 Å². The van der Waals surface area contributed by atoms with Gasteiger partial charge in [0.15, 0.2) is 0 Å². The van der Waals surface area contributed by atoms with Gasteiger partial charge in [-0.3, -0.25) is 9.69 Å². The van der Waals surface area contributed by atoms with E-state index < -0.39 is 5.97 Å². The molecule has 3 aromatic rings. The van der Waals surface area contributed by atoms with Crippen molar-refractivity contribution >= 4 is 57.2 Å². The number of aromatic carboxylic acids is 1. The van der Waals surface area contributed by atoms with Crippen LogP contribution in [0.25, 0.3) is 17.0 Å². The summed E-state index contributed by atoms with van der Waals surface area (Å²) in [5.74, 6) is -1.00. The van der Waals surface area contributed by atoms with Gasteiger partial charge >= 0.3 is 5.97 Å². The normalized spacial score (nSPS) is 15.6. The Morgan fingerprint density at radius 3 is 2.72 bits per heavy atom. The Hall–Kier alpha value is -2.90. The third-order valence-corrected chi connectivity index (χ3v) is 6.20. The lowest BCUT2D eigenvalue weighted by Crippen LogP contribution is -2.27. The molecule has 1 saturated heterocycles. The Kier molecular flexibility index (Phi) is 5.25. The summed E-state index contributed by atoms with van der Waals surface area (Å²) in [7, 11) is 0. The van der Waals surface area contributed by atoms with Gasteiger partial charge in [-0.2, -0.15) is 0 Å². The number of carboxylic acid groups (broad SMARTS) is 1. The van der Waals surface area contributed by atoms with Gasteiger partial charge in [0.1, 0.15) is 4.32 Å². The molecule has 7 heteroatoms. The van der Waals surface area contributed by atoms with E-state index in [-0.39, 0.29) is 11.5 Å². The van der Waals surface area contributed by atoms with Gasteiger partial charge in [0, 0.05) is 35.8 Å². The minimum atomic E-state index is -0.942. The highest BCUT2D eigenvalue weighted by Gasteiger charge is 2.30. The van der Waals surface area contributed by atoms with Crippen LogP contribution in [0.3, 0.4) is 0 Å². The lowest BCUT2D eigenvalue weighted by Gasteiger charge is -2.09. The zero-order valence-corrected chi connectivity index (χ0v) is 17.3. The van der Waals surface area contributed by atoms with Crippen molar-refractivity contribution in [2.45, 2.75) is 13.5 Å². The molecule has 0 unspecified atom stereocenters. The second-order valence-corrected chi connectivity index (χ2v) is 8.34. The molecule has 0 saturated carbocycles. The molecule has 0 spiro atoms. The highest BCUT2D eigenvalue weighted by atomic mass is 32.2. The van der Waals surface area contributed by atoms with E-state index >= 15 is 0 Å². The number of hydrogen-bond donors (Lipinski definition) is 1. The number of hydrogen-bond acceptors (Lipinski definition) is 4. The second-order valence-electron chi connectivity index (χ2n) is 6.66. The van der Waals surface area contributed by atoms with E-state index in [2.05, 4.69) is 4.57 Å². The predicted octanol–water partition coefficient (Wildman–Crippen LogP) is 4.61. The Labute approximate surface area is 177 Å². The number of carboxylic acids is 1. The molecule has 1 amide bonds. The van der Waals surface area contributed by atoms with E-state index in [1.165, 1.54) is 11.8 Å². The van der Waals surface area contributed by atoms with Crippen LogP contribution < -0.4 is 0 Å². The van der Waals surface area contributed by atoms with Crippen molar-refractivity contribution in [3.63, 3.8) is 0 Å². The fourth-order valence-corrected chi connectivity index (χ4v) is 4.81. The van der Waals surface area contributed by atoms with Gasteiger partial charge in [-0.1, -0.05) is 54.3 Å². The first-order valence-electron chi connectivity index (χ1n) is 9.13. The van der Waals surface area contributed by atoms with Gasteiger partial charge < -0.3 is 9.67 Å². The van der Waals surface area contributed by atoms with Gasteiger partial charge in [0.2, 0.25) is 0 Å². The number of amides is 1. The maximum atomic E-state index is 12.6. The van der Waals surface area contributed by atoms with Crippen molar-refractivity contribution in [3.05, 3.63) is 76.3 Å². The first-order chi connectivity index (χ1) is 14.0. The summed E-state index contributed by atoms with van der Waals surface area (Å²) in [6, 6.07) is 14.9. The van der Waals surface area contributed by atoms with Crippen LogP contribution in [0.5, 0.6) is 0 Å². The van der Waals surface area contributed by atoms with Gasteiger partial charge in [-0.15, -0.1) is 0 Å². The number of rotatable bonds is 5. The van der Waals surface area contributed by atoms with E-state index in [1.54, 1.807) is 23.1 Å². The molecule has 1 fully saturated rings. The van der Waals surface area contributed by atoms with Crippen molar-refractivity contribution in [1.29, 1.82) is 0 Å². The number of nitrogens with zero attached hydrogens (tertiary/aromatic N) is 2. The van der Waals surface area contributed by atoms with Crippen molar-refractivity contribution in [2.75, 3.05) is 6.54 Å². The predicted molar refractivity (Wildman–Crippen MR) is 120 cm³/mol. The molecule has 4 rings (SSSR count). The van der Waals surface area contributed by atoms with Crippen LogP contribution in [-0.4, -0.2) is 37.3 Å². The molecule has 0 atom stereocenters. The van der Waals surface area contributed by atoms with Crippen molar-refractivity contribution in [2.24, 2.45) is 0 Å². The number of thioether (sulfide) groups is 1. The van der Waals surface area contributed by atoms with Gasteiger partial charge in [-0.25, -0.2) is 4.79 Å². The van der Waals surface area contributed by atoms with Gasteiger partial charge in [0.25, 0.3) is 5.91 Å². The number of carbonyl (C=O) groups excluding carboxylic acids is 1. The first-order valence-corrected chi connectivity index (χ1v) is 10.4.